The van der Waals surface area contributed by atoms with E-state index < -0.39 is 0 Å². The van der Waals surface area contributed by atoms with Crippen LogP contribution in [0.3, 0.4) is 0 Å². The molecule has 0 amide bonds. The van der Waals surface area contributed by atoms with Crippen LogP contribution in [-0.4, -0.2) is 10.4 Å². The summed E-state index contributed by atoms with van der Waals surface area (Å²) in [6, 6.07) is 65.0. The van der Waals surface area contributed by atoms with Crippen molar-refractivity contribution in [3.05, 3.63) is 199 Å². The average molecular weight is 751 g/mol. The third kappa shape index (κ3) is 5.30. The summed E-state index contributed by atoms with van der Waals surface area (Å²) in [6.07, 6.45) is -0.277. The smallest absolute Gasteiger partial charge is 0.136 e. The summed E-state index contributed by atoms with van der Waals surface area (Å²) in [4.78, 5) is 5.18. The molecule has 4 heterocycles. The number of nitrogens with one attached hydrogen (secondary N) is 2. The largest absolute Gasteiger partial charge is 0.456 e. The zero-order valence-electron chi connectivity index (χ0n) is 30.7. The Balaban J connectivity index is 0.899. The number of furan rings is 1. The third-order valence-corrected chi connectivity index (χ3v) is 12.6. The van der Waals surface area contributed by atoms with Crippen molar-refractivity contribution in [2.45, 2.75) is 12.3 Å². The molecule has 11 aromatic rings. The molecule has 8 aromatic carbocycles. The predicted octanol–water partition coefficient (Wildman–Crippen LogP) is 13.1. The molecule has 1 aliphatic heterocycles. The molecule has 5 nitrogen and oxygen atoms in total. The number of thiophene rings is 1. The second-order valence-corrected chi connectivity index (χ2v) is 15.9. The minimum Gasteiger partial charge on any atom is -0.456 e. The normalized spacial score (nSPS) is 15.9. The van der Waals surface area contributed by atoms with E-state index in [9.17, 15) is 0 Å². The van der Waals surface area contributed by atoms with Crippen LogP contribution in [-0.2, 0) is 0 Å². The number of fused-ring (bicyclic) bond motifs is 9. The van der Waals surface area contributed by atoms with Gasteiger partial charge in [-0.15, -0.1) is 11.3 Å². The van der Waals surface area contributed by atoms with Crippen molar-refractivity contribution in [2.24, 2.45) is 4.99 Å². The van der Waals surface area contributed by atoms with Crippen LogP contribution in [0.4, 0.5) is 0 Å². The maximum Gasteiger partial charge on any atom is 0.136 e. The van der Waals surface area contributed by atoms with Crippen LogP contribution in [0.15, 0.2) is 191 Å². The maximum absolute atomic E-state index is 6.52. The number of aliphatic imine (C=N–C) groups is 1. The number of para-hydroxylation sites is 2. The van der Waals surface area contributed by atoms with Gasteiger partial charge in [0.1, 0.15) is 29.3 Å². The number of hydrogen-bond donors (Lipinski definition) is 2. The second-order valence-electron chi connectivity index (χ2n) is 14.8. The molecule has 3 aromatic heterocycles. The van der Waals surface area contributed by atoms with Gasteiger partial charge in [-0.1, -0.05) is 121 Å². The molecule has 0 aliphatic carbocycles. The van der Waals surface area contributed by atoms with Gasteiger partial charge in [0, 0.05) is 53.0 Å². The summed E-state index contributed by atoms with van der Waals surface area (Å²) in [7, 11) is 0. The molecule has 1 aliphatic rings. The Morgan fingerprint density at radius 2 is 1.18 bits per heavy atom. The van der Waals surface area contributed by atoms with Gasteiger partial charge in [0.05, 0.1) is 11.0 Å². The summed E-state index contributed by atoms with van der Waals surface area (Å²) < 4.78 is 11.4. The number of amidine groups is 1. The zero-order valence-corrected chi connectivity index (χ0v) is 31.5. The lowest BCUT2D eigenvalue weighted by Gasteiger charge is -2.32. The number of rotatable bonds is 5. The number of hydrogen-bond acceptors (Lipinski definition) is 5. The standard InChI is InChI=1S/C51H34N4OS/c1-3-11-31(12-4-1)49-52-50(32-13-5-2-6-14-32)54-51(53-49)35-20-24-40-42-27-33(21-26-47(42)57-48(40)29-35)34-19-23-39-41-30-36(22-25-45(41)56-46(39)28-34)55-43-17-9-7-15-37(43)38-16-8-10-18-44(38)55/h1-30,49,51,53H,(H,52,54). The van der Waals surface area contributed by atoms with Gasteiger partial charge in [0.15, 0.2) is 0 Å². The van der Waals surface area contributed by atoms with Gasteiger partial charge in [0.25, 0.3) is 0 Å². The van der Waals surface area contributed by atoms with E-state index in [1.54, 1.807) is 0 Å². The van der Waals surface area contributed by atoms with Crippen molar-refractivity contribution in [3.8, 4) is 16.8 Å². The Hall–Kier alpha value is -6.99. The molecule has 0 fully saturated rings. The Labute approximate surface area is 332 Å². The van der Waals surface area contributed by atoms with Crippen LogP contribution in [0.1, 0.15) is 29.0 Å². The van der Waals surface area contributed by atoms with Crippen LogP contribution in [0, 0.1) is 0 Å². The Bertz CT molecular complexity index is 3320. The van der Waals surface area contributed by atoms with E-state index in [0.29, 0.717) is 0 Å². The third-order valence-electron chi connectivity index (χ3n) is 11.5. The molecule has 2 atom stereocenters. The minimum absolute atomic E-state index is 0.0733. The molecule has 12 rings (SSSR count). The van der Waals surface area contributed by atoms with Gasteiger partial charge in [-0.25, -0.2) is 4.99 Å². The van der Waals surface area contributed by atoms with Gasteiger partial charge < -0.3 is 14.3 Å². The molecule has 57 heavy (non-hydrogen) atoms. The number of nitrogens with zero attached hydrogens (tertiary/aromatic N) is 2. The lowest BCUT2D eigenvalue weighted by atomic mass is 10.0. The molecule has 270 valence electrons. The second kappa shape index (κ2) is 12.8. The number of aromatic nitrogens is 1. The van der Waals surface area contributed by atoms with Crippen molar-refractivity contribution in [3.63, 3.8) is 0 Å². The van der Waals surface area contributed by atoms with Crippen LogP contribution >= 0.6 is 11.3 Å². The quantitative estimate of drug-likeness (QED) is 0.184. The van der Waals surface area contributed by atoms with Gasteiger partial charge in [-0.3, -0.25) is 5.32 Å². The summed E-state index contributed by atoms with van der Waals surface area (Å²) in [5.41, 5.74) is 11.0. The van der Waals surface area contributed by atoms with Gasteiger partial charge >= 0.3 is 0 Å². The van der Waals surface area contributed by atoms with Crippen molar-refractivity contribution < 1.29 is 4.42 Å². The monoisotopic (exact) mass is 750 g/mol. The molecule has 0 saturated heterocycles. The van der Waals surface area contributed by atoms with Crippen LogP contribution in [0.2, 0.25) is 0 Å². The van der Waals surface area contributed by atoms with Crippen LogP contribution in [0.5, 0.6) is 0 Å². The summed E-state index contributed by atoms with van der Waals surface area (Å²) >= 11 is 1.83. The zero-order chi connectivity index (χ0) is 37.5. The molecular formula is C51H34N4OS. The molecule has 2 N–H and O–H groups in total. The fraction of sp³-hybridized carbons (Fsp3) is 0.0392. The SMILES string of the molecule is c1ccc(C2=NC(c3ccc4c(c3)sc3ccc(-c5ccc6c(c5)oc5ccc(-n7c8ccccc8c8ccccc87)cc56)cc34)NC(c3ccccc3)N2)cc1. The van der Waals surface area contributed by atoms with E-state index in [1.807, 2.05) is 17.4 Å². The van der Waals surface area contributed by atoms with E-state index in [1.165, 1.54) is 53.1 Å². The average Bonchev–Trinajstić information content (AvgIpc) is 3.95. The fourth-order valence-electron chi connectivity index (χ4n) is 8.72. The van der Waals surface area contributed by atoms with Crippen LogP contribution in [0.25, 0.3) is 80.7 Å². The Morgan fingerprint density at radius 1 is 0.474 bits per heavy atom. The topological polar surface area (TPSA) is 54.5 Å². The van der Waals surface area contributed by atoms with Gasteiger partial charge in [-0.2, -0.15) is 0 Å². The van der Waals surface area contributed by atoms with Crippen LogP contribution < -0.4 is 10.6 Å². The lowest BCUT2D eigenvalue weighted by molar-refractivity contribution is 0.409. The highest BCUT2D eigenvalue weighted by atomic mass is 32.1. The first-order chi connectivity index (χ1) is 28.2. The highest BCUT2D eigenvalue weighted by Crippen LogP contribution is 2.40. The predicted molar refractivity (Wildman–Crippen MR) is 238 cm³/mol. The van der Waals surface area contributed by atoms with E-state index >= 15 is 0 Å². The summed E-state index contributed by atoms with van der Waals surface area (Å²) in [5.74, 6) is 0.888. The highest BCUT2D eigenvalue weighted by Gasteiger charge is 2.26. The molecular weight excluding hydrogens is 717 g/mol. The number of benzene rings is 8. The fourth-order valence-corrected chi connectivity index (χ4v) is 9.85. The lowest BCUT2D eigenvalue weighted by Crippen LogP contribution is -2.44. The first-order valence-corrected chi connectivity index (χ1v) is 20.2. The van der Waals surface area contributed by atoms with Crippen molar-refractivity contribution in [1.29, 1.82) is 0 Å². The Morgan fingerprint density at radius 3 is 1.98 bits per heavy atom. The van der Waals surface area contributed by atoms with E-state index in [-0.39, 0.29) is 12.3 Å². The van der Waals surface area contributed by atoms with Crippen molar-refractivity contribution in [2.75, 3.05) is 0 Å². The molecule has 2 unspecified atom stereocenters. The Kier molecular flexibility index (Phi) is 7.24. The molecule has 0 saturated carbocycles. The molecule has 0 bridgehead atoms. The maximum atomic E-state index is 6.52. The first kappa shape index (κ1) is 32.3. The summed E-state index contributed by atoms with van der Waals surface area (Å²) in [5, 5.41) is 14.7. The van der Waals surface area contributed by atoms with E-state index in [0.717, 1.165) is 50.2 Å². The van der Waals surface area contributed by atoms with Crippen molar-refractivity contribution in [1.82, 2.24) is 15.2 Å². The van der Waals surface area contributed by atoms with Gasteiger partial charge in [0.2, 0.25) is 0 Å². The first-order valence-electron chi connectivity index (χ1n) is 19.3. The van der Waals surface area contributed by atoms with E-state index in [4.69, 9.17) is 9.41 Å². The van der Waals surface area contributed by atoms with E-state index in [2.05, 4.69) is 191 Å². The van der Waals surface area contributed by atoms with Gasteiger partial charge in [-0.05, 0) is 82.9 Å². The summed E-state index contributed by atoms with van der Waals surface area (Å²) in [6.45, 7) is 0. The molecule has 0 spiro atoms. The highest BCUT2D eigenvalue weighted by molar-refractivity contribution is 7.25. The molecule has 0 radical (unpaired) electrons. The minimum atomic E-state index is -0.203. The molecule has 6 heteroatoms. The van der Waals surface area contributed by atoms with Crippen molar-refractivity contribution >= 4 is 81.1 Å².